The number of carbonyl (C=O) groups is 1. The predicted molar refractivity (Wildman–Crippen MR) is 173 cm³/mol. The van der Waals surface area contributed by atoms with Crippen molar-refractivity contribution >= 4 is 21.2 Å². The Morgan fingerprint density at radius 2 is 1.57 bits per heavy atom. The standard InChI is InChI=1S/C32H50BN4O4P/c1-32(2,3)36-22-28(41-30(33)23-36)24-40-25-42(39,34(4)5)37-20-18-35(19-21-37)31(38)17-16-29(26-12-8-6-9-13-26)27-14-10-7-11-15-27/h6-15,28-30H,16-25,33H2,1-5H3. The minimum Gasteiger partial charge on any atom is -0.379 e. The van der Waals surface area contributed by atoms with Crippen molar-refractivity contribution in [3.8, 4) is 0 Å². The maximum absolute atomic E-state index is 14.2. The van der Waals surface area contributed by atoms with Crippen LogP contribution in [0.5, 0.6) is 0 Å². The number of ether oxygens (including phenoxy) is 2. The highest BCUT2D eigenvalue weighted by molar-refractivity contribution is 7.58. The Morgan fingerprint density at radius 1 is 1.00 bits per heavy atom. The molecule has 2 heterocycles. The zero-order valence-corrected chi connectivity index (χ0v) is 27.3. The monoisotopic (exact) mass is 596 g/mol. The van der Waals surface area contributed by atoms with Crippen molar-refractivity contribution in [1.82, 2.24) is 19.1 Å². The number of benzene rings is 2. The lowest BCUT2D eigenvalue weighted by Crippen LogP contribution is -2.56. The molecule has 2 saturated heterocycles. The highest BCUT2D eigenvalue weighted by atomic mass is 31.2. The van der Waals surface area contributed by atoms with Crippen LogP contribution < -0.4 is 0 Å². The van der Waals surface area contributed by atoms with E-state index in [1.807, 2.05) is 35.8 Å². The Labute approximate surface area is 254 Å². The topological polar surface area (TPSA) is 65.6 Å². The average molecular weight is 597 g/mol. The third kappa shape index (κ3) is 8.55. The van der Waals surface area contributed by atoms with Crippen LogP contribution >= 0.6 is 7.44 Å². The largest absolute Gasteiger partial charge is 0.379 e. The van der Waals surface area contributed by atoms with Gasteiger partial charge in [-0.05, 0) is 52.4 Å². The van der Waals surface area contributed by atoms with Crippen molar-refractivity contribution in [2.75, 3.05) is 66.3 Å². The van der Waals surface area contributed by atoms with Gasteiger partial charge < -0.3 is 14.4 Å². The van der Waals surface area contributed by atoms with Gasteiger partial charge in [-0.25, -0.2) is 9.34 Å². The van der Waals surface area contributed by atoms with E-state index in [-0.39, 0.29) is 35.8 Å². The Hall–Kier alpha value is -2.00. The van der Waals surface area contributed by atoms with E-state index < -0.39 is 7.44 Å². The van der Waals surface area contributed by atoms with E-state index in [9.17, 15) is 9.36 Å². The first-order valence-corrected chi connectivity index (χ1v) is 17.2. The fraction of sp³-hybridized carbons (Fsp3) is 0.594. The zero-order valence-electron chi connectivity index (χ0n) is 26.4. The summed E-state index contributed by atoms with van der Waals surface area (Å²) < 4.78 is 30.3. The maximum Gasteiger partial charge on any atom is 0.241 e. The first-order valence-electron chi connectivity index (χ1n) is 15.4. The van der Waals surface area contributed by atoms with Crippen LogP contribution in [0.4, 0.5) is 0 Å². The second-order valence-electron chi connectivity index (χ2n) is 12.9. The molecular weight excluding hydrogens is 546 g/mol. The van der Waals surface area contributed by atoms with Gasteiger partial charge in [0.15, 0.2) is 0 Å². The summed E-state index contributed by atoms with van der Waals surface area (Å²) >= 11 is 0. The molecule has 0 radical (unpaired) electrons. The lowest BCUT2D eigenvalue weighted by atomic mass is 9.87. The van der Waals surface area contributed by atoms with Gasteiger partial charge in [0.1, 0.15) is 14.2 Å². The van der Waals surface area contributed by atoms with E-state index in [0.717, 1.165) is 19.5 Å². The molecule has 0 aliphatic carbocycles. The molecule has 0 aromatic heterocycles. The molecule has 2 aromatic rings. The van der Waals surface area contributed by atoms with Gasteiger partial charge in [-0.2, -0.15) is 0 Å². The van der Waals surface area contributed by atoms with Crippen LogP contribution in [0, 0.1) is 0 Å². The van der Waals surface area contributed by atoms with E-state index in [1.54, 1.807) is 4.67 Å². The Morgan fingerprint density at radius 3 is 2.10 bits per heavy atom. The van der Waals surface area contributed by atoms with E-state index in [1.165, 1.54) is 11.1 Å². The molecule has 230 valence electrons. The van der Waals surface area contributed by atoms with Gasteiger partial charge in [0, 0.05) is 63.1 Å². The average Bonchev–Trinajstić information content (AvgIpc) is 2.97. The molecule has 2 aliphatic rings. The number of nitrogens with zero attached hydrogens (tertiary/aromatic N) is 4. The van der Waals surface area contributed by atoms with Crippen LogP contribution in [0.25, 0.3) is 0 Å². The van der Waals surface area contributed by atoms with Crippen LogP contribution in [0.1, 0.15) is 50.7 Å². The van der Waals surface area contributed by atoms with Gasteiger partial charge >= 0.3 is 0 Å². The van der Waals surface area contributed by atoms with Crippen LogP contribution in [0.15, 0.2) is 60.7 Å². The molecule has 2 aromatic carbocycles. The summed E-state index contributed by atoms with van der Waals surface area (Å²) in [6, 6.07) is 21.0. The SMILES string of the molecule is BC1CN(C(C)(C)C)CC(COCP(=O)(N(C)C)N2CCN(C(=O)CCC(c3ccccc3)c3ccccc3)CC2)O1. The van der Waals surface area contributed by atoms with Crippen molar-refractivity contribution in [1.29, 1.82) is 0 Å². The first-order chi connectivity index (χ1) is 20.0. The lowest BCUT2D eigenvalue weighted by molar-refractivity contribution is -0.132. The predicted octanol–water partition coefficient (Wildman–Crippen LogP) is 3.93. The van der Waals surface area contributed by atoms with Gasteiger partial charge in [0.2, 0.25) is 13.4 Å². The minimum absolute atomic E-state index is 0.0475. The minimum atomic E-state index is -2.93. The van der Waals surface area contributed by atoms with Crippen LogP contribution in [-0.4, -0.2) is 117 Å². The van der Waals surface area contributed by atoms with Gasteiger partial charge in [0.05, 0.1) is 12.7 Å². The molecule has 2 aliphatic heterocycles. The lowest BCUT2D eigenvalue weighted by Gasteiger charge is -2.44. The van der Waals surface area contributed by atoms with Crippen LogP contribution in [-0.2, 0) is 18.8 Å². The second kappa shape index (κ2) is 14.7. The molecule has 8 nitrogen and oxygen atoms in total. The quantitative estimate of drug-likeness (QED) is 0.288. The van der Waals surface area contributed by atoms with E-state index >= 15 is 0 Å². The fourth-order valence-electron chi connectivity index (χ4n) is 6.02. The van der Waals surface area contributed by atoms with Crippen LogP contribution in [0.2, 0.25) is 0 Å². The van der Waals surface area contributed by atoms with Gasteiger partial charge in [-0.15, -0.1) is 0 Å². The number of rotatable bonds is 11. The summed E-state index contributed by atoms with van der Waals surface area (Å²) in [5.41, 5.74) is 2.52. The smallest absolute Gasteiger partial charge is 0.241 e. The number of carbonyl (C=O) groups excluding carboxylic acids is 1. The number of morpholine rings is 1. The highest BCUT2D eigenvalue weighted by Gasteiger charge is 2.38. The molecule has 0 N–H and O–H groups in total. The fourth-order valence-corrected chi connectivity index (χ4v) is 8.07. The molecule has 3 unspecified atom stereocenters. The zero-order chi connectivity index (χ0) is 30.3. The molecule has 0 spiro atoms. The summed E-state index contributed by atoms with van der Waals surface area (Å²) in [5, 5.41) is 0. The first kappa shape index (κ1) is 32.9. The maximum atomic E-state index is 14.2. The van der Waals surface area contributed by atoms with Crippen molar-refractivity contribution in [3.05, 3.63) is 71.8 Å². The summed E-state index contributed by atoms with van der Waals surface area (Å²) in [6.45, 7) is 11.1. The van der Waals surface area contributed by atoms with Gasteiger partial charge in [-0.3, -0.25) is 14.3 Å². The van der Waals surface area contributed by atoms with Crippen molar-refractivity contribution in [2.45, 2.75) is 57.2 Å². The van der Waals surface area contributed by atoms with E-state index in [0.29, 0.717) is 39.2 Å². The number of hydrogen-bond donors (Lipinski definition) is 0. The molecule has 1 amide bonds. The third-order valence-corrected chi connectivity index (χ3v) is 11.6. The normalized spacial score (nSPS) is 22.4. The van der Waals surface area contributed by atoms with Crippen molar-refractivity contribution < 1.29 is 18.8 Å². The summed E-state index contributed by atoms with van der Waals surface area (Å²) in [5.74, 6) is 0.338. The number of hydrogen-bond acceptors (Lipinski definition) is 5. The molecule has 0 saturated carbocycles. The molecule has 42 heavy (non-hydrogen) atoms. The molecule has 0 bridgehead atoms. The number of amides is 1. The van der Waals surface area contributed by atoms with Crippen LogP contribution in [0.3, 0.4) is 0 Å². The Balaban J connectivity index is 1.29. The Kier molecular flexibility index (Phi) is 11.5. The molecule has 4 rings (SSSR count). The second-order valence-corrected chi connectivity index (χ2v) is 15.9. The van der Waals surface area contributed by atoms with Crippen molar-refractivity contribution in [3.63, 3.8) is 0 Å². The van der Waals surface area contributed by atoms with Gasteiger partial charge in [-0.1, -0.05) is 60.7 Å². The van der Waals surface area contributed by atoms with E-state index in [4.69, 9.17) is 9.47 Å². The summed E-state index contributed by atoms with van der Waals surface area (Å²) in [6.07, 6.45) is 1.33. The molecule has 2 fully saturated rings. The Bertz CT molecular complexity index is 1130. The summed E-state index contributed by atoms with van der Waals surface area (Å²) in [7, 11) is 2.88. The highest BCUT2D eigenvalue weighted by Crippen LogP contribution is 2.51. The molecule has 10 heteroatoms. The molecule has 3 atom stereocenters. The van der Waals surface area contributed by atoms with Crippen molar-refractivity contribution in [2.24, 2.45) is 0 Å². The molecular formula is C32H50BN4O4P. The van der Waals surface area contributed by atoms with Gasteiger partial charge in [0.25, 0.3) is 0 Å². The summed E-state index contributed by atoms with van der Waals surface area (Å²) in [4.78, 5) is 17.7. The number of piperazine rings is 1. The van der Waals surface area contributed by atoms with E-state index in [2.05, 4.69) is 82.0 Å². The third-order valence-electron chi connectivity index (χ3n) is 8.56.